The Morgan fingerprint density at radius 2 is 0.900 bits per heavy atom. The molecule has 0 N–H and O–H groups in total. The largest absolute Gasteiger partial charge is 0.237 e. The molecular formula is C13H5F7. The highest BCUT2D eigenvalue weighted by Crippen LogP contribution is 2.32. The van der Waals surface area contributed by atoms with E-state index in [-0.39, 0.29) is 0 Å². The molecule has 20 heavy (non-hydrogen) atoms. The number of rotatable bonds is 2. The predicted molar refractivity (Wildman–Crippen MR) is 55.6 cm³/mol. The van der Waals surface area contributed by atoms with E-state index in [9.17, 15) is 30.7 Å². The van der Waals surface area contributed by atoms with Crippen LogP contribution in [0.5, 0.6) is 0 Å². The van der Waals surface area contributed by atoms with Crippen LogP contribution in [0.4, 0.5) is 30.7 Å². The smallest absolute Gasteiger partial charge is 0.194 e. The van der Waals surface area contributed by atoms with Crippen LogP contribution in [0.3, 0.4) is 0 Å². The minimum absolute atomic E-state index is 0.443. The van der Waals surface area contributed by atoms with Crippen molar-refractivity contribution in [1.82, 2.24) is 0 Å². The minimum Gasteiger partial charge on any atom is -0.237 e. The summed E-state index contributed by atoms with van der Waals surface area (Å²) in [5, 5.41) is 0. The van der Waals surface area contributed by atoms with Crippen LogP contribution in [0, 0.1) is 34.9 Å². The van der Waals surface area contributed by atoms with Crippen LogP contribution in [0.15, 0.2) is 24.3 Å². The summed E-state index contributed by atoms with van der Waals surface area (Å²) < 4.78 is 92.0. The van der Waals surface area contributed by atoms with Gasteiger partial charge >= 0.3 is 0 Å². The maximum Gasteiger partial charge on any atom is 0.194 e. The molecule has 0 spiro atoms. The molecule has 2 aromatic rings. The van der Waals surface area contributed by atoms with Crippen molar-refractivity contribution >= 4 is 0 Å². The quantitative estimate of drug-likeness (QED) is 0.562. The molecule has 0 unspecified atom stereocenters. The fourth-order valence-electron chi connectivity index (χ4n) is 1.64. The zero-order chi connectivity index (χ0) is 15.0. The molecule has 0 saturated heterocycles. The van der Waals surface area contributed by atoms with Crippen LogP contribution < -0.4 is 0 Å². The van der Waals surface area contributed by atoms with Gasteiger partial charge in [-0.1, -0.05) is 0 Å². The first-order valence-corrected chi connectivity index (χ1v) is 5.25. The topological polar surface area (TPSA) is 0 Å². The van der Waals surface area contributed by atoms with Gasteiger partial charge in [-0.2, -0.15) is 0 Å². The Kier molecular flexibility index (Phi) is 3.69. The van der Waals surface area contributed by atoms with E-state index in [1.54, 1.807) is 0 Å². The number of alkyl halides is 1. The highest BCUT2D eigenvalue weighted by atomic mass is 19.2. The Morgan fingerprint density at radius 3 is 1.25 bits per heavy atom. The van der Waals surface area contributed by atoms with E-state index in [1.165, 1.54) is 0 Å². The van der Waals surface area contributed by atoms with Gasteiger partial charge in [-0.3, -0.25) is 0 Å². The number of halogens is 7. The molecule has 0 radical (unpaired) electrons. The summed E-state index contributed by atoms with van der Waals surface area (Å²) in [6.45, 7) is 0. The zero-order valence-corrected chi connectivity index (χ0v) is 9.53. The van der Waals surface area contributed by atoms with Gasteiger partial charge in [-0.05, 0) is 24.3 Å². The molecule has 0 aromatic heterocycles. The fraction of sp³-hybridized carbons (Fsp3) is 0.0769. The van der Waals surface area contributed by atoms with Crippen molar-refractivity contribution in [3.05, 3.63) is 70.3 Å². The maximum absolute atomic E-state index is 14.0. The van der Waals surface area contributed by atoms with E-state index in [0.29, 0.717) is 24.3 Å². The summed E-state index contributed by atoms with van der Waals surface area (Å²) in [5.74, 6) is -10.7. The molecule has 2 rings (SSSR count). The summed E-state index contributed by atoms with van der Waals surface area (Å²) >= 11 is 0. The third-order valence-electron chi connectivity index (χ3n) is 2.68. The van der Waals surface area contributed by atoms with Gasteiger partial charge in [0.1, 0.15) is 0 Å². The highest BCUT2D eigenvalue weighted by Gasteiger charge is 2.26. The summed E-state index contributed by atoms with van der Waals surface area (Å²) in [6, 6.07) is 1.99. The van der Waals surface area contributed by atoms with Gasteiger partial charge in [0.25, 0.3) is 0 Å². The molecule has 2 aromatic carbocycles. The van der Waals surface area contributed by atoms with Gasteiger partial charge in [-0.15, -0.1) is 0 Å². The normalized spacial score (nSPS) is 11.2. The molecule has 7 heteroatoms. The first-order chi connectivity index (χ1) is 9.34. The highest BCUT2D eigenvalue weighted by molar-refractivity contribution is 5.33. The second-order valence-electron chi connectivity index (χ2n) is 3.89. The monoisotopic (exact) mass is 294 g/mol. The van der Waals surface area contributed by atoms with Crippen LogP contribution in [0.2, 0.25) is 0 Å². The molecule has 0 nitrogen and oxygen atoms in total. The van der Waals surface area contributed by atoms with Crippen LogP contribution in [-0.4, -0.2) is 0 Å². The van der Waals surface area contributed by atoms with Crippen LogP contribution >= 0.6 is 0 Å². The van der Waals surface area contributed by atoms with Gasteiger partial charge in [0, 0.05) is 11.1 Å². The van der Waals surface area contributed by atoms with Gasteiger partial charge in [0.05, 0.1) is 0 Å². The summed E-state index contributed by atoms with van der Waals surface area (Å²) in [5.41, 5.74) is -2.04. The van der Waals surface area contributed by atoms with Gasteiger partial charge in [-0.25, -0.2) is 30.7 Å². The van der Waals surface area contributed by atoms with Gasteiger partial charge < -0.3 is 0 Å². The van der Waals surface area contributed by atoms with E-state index in [1.807, 2.05) is 0 Å². The van der Waals surface area contributed by atoms with Gasteiger partial charge in [0.15, 0.2) is 41.1 Å². The van der Waals surface area contributed by atoms with E-state index in [0.717, 1.165) is 0 Å². The van der Waals surface area contributed by atoms with Crippen molar-refractivity contribution in [2.75, 3.05) is 0 Å². The van der Waals surface area contributed by atoms with Gasteiger partial charge in [0.2, 0.25) is 0 Å². The third-order valence-corrected chi connectivity index (χ3v) is 2.68. The van der Waals surface area contributed by atoms with Crippen molar-refractivity contribution in [2.45, 2.75) is 6.17 Å². The number of hydrogen-bond donors (Lipinski definition) is 0. The second kappa shape index (κ2) is 5.15. The lowest BCUT2D eigenvalue weighted by Gasteiger charge is -2.12. The molecule has 0 atom stereocenters. The average molecular weight is 294 g/mol. The van der Waals surface area contributed by atoms with Crippen LogP contribution in [0.1, 0.15) is 17.3 Å². The molecule has 0 saturated carbocycles. The Labute approximate surface area is 108 Å². The molecule has 0 fully saturated rings. The molecule has 106 valence electrons. The molecule has 0 heterocycles. The maximum atomic E-state index is 14.0. The molecule has 0 amide bonds. The standard InChI is InChI=1S/C13H5F7/c14-7-3-1-5(10(17)12(7)19)9(16)6-2-4-8(15)13(20)11(6)18/h1-4,9H. The molecule has 0 aliphatic carbocycles. The molecule has 0 aliphatic rings. The second-order valence-corrected chi connectivity index (χ2v) is 3.89. The molecule has 0 bridgehead atoms. The van der Waals surface area contributed by atoms with Crippen molar-refractivity contribution in [3.8, 4) is 0 Å². The summed E-state index contributed by atoms with van der Waals surface area (Å²) in [7, 11) is 0. The average Bonchev–Trinajstić information content (AvgIpc) is 2.42. The Hall–Kier alpha value is -2.05. The Bertz CT molecular complexity index is 609. The lowest BCUT2D eigenvalue weighted by Crippen LogP contribution is -2.06. The first-order valence-electron chi connectivity index (χ1n) is 5.25. The molecular weight excluding hydrogens is 289 g/mol. The zero-order valence-electron chi connectivity index (χ0n) is 9.53. The Morgan fingerprint density at radius 1 is 0.550 bits per heavy atom. The van der Waals surface area contributed by atoms with Crippen LogP contribution in [-0.2, 0) is 0 Å². The molecule has 0 aliphatic heterocycles. The van der Waals surface area contributed by atoms with Crippen molar-refractivity contribution < 1.29 is 30.7 Å². The Balaban J connectivity index is 2.55. The lowest BCUT2D eigenvalue weighted by atomic mass is 10.0. The minimum atomic E-state index is -2.61. The predicted octanol–water partition coefficient (Wildman–Crippen LogP) is 4.58. The van der Waals surface area contributed by atoms with Crippen LogP contribution in [0.25, 0.3) is 0 Å². The van der Waals surface area contributed by atoms with E-state index >= 15 is 0 Å². The fourth-order valence-corrected chi connectivity index (χ4v) is 1.64. The third kappa shape index (κ3) is 2.23. The number of benzene rings is 2. The van der Waals surface area contributed by atoms with Crippen molar-refractivity contribution in [1.29, 1.82) is 0 Å². The van der Waals surface area contributed by atoms with E-state index < -0.39 is 52.2 Å². The first kappa shape index (κ1) is 14.4. The SMILES string of the molecule is Fc1ccc(C(F)c2ccc(F)c(F)c2F)c(F)c1F. The summed E-state index contributed by atoms with van der Waals surface area (Å²) in [6.07, 6.45) is -2.61. The number of hydrogen-bond acceptors (Lipinski definition) is 0. The van der Waals surface area contributed by atoms with E-state index in [4.69, 9.17) is 0 Å². The van der Waals surface area contributed by atoms with E-state index in [2.05, 4.69) is 0 Å². The lowest BCUT2D eigenvalue weighted by molar-refractivity contribution is 0.350. The van der Waals surface area contributed by atoms with Crippen molar-refractivity contribution in [2.24, 2.45) is 0 Å². The summed E-state index contributed by atoms with van der Waals surface area (Å²) in [4.78, 5) is 0. The van der Waals surface area contributed by atoms with Crippen molar-refractivity contribution in [3.63, 3.8) is 0 Å².